The van der Waals surface area contributed by atoms with Crippen LogP contribution in [0.2, 0.25) is 0 Å². The predicted molar refractivity (Wildman–Crippen MR) is 112 cm³/mol. The molecular formula is C22H27N3OS. The summed E-state index contributed by atoms with van der Waals surface area (Å²) in [5, 5.41) is 3.09. The average Bonchev–Trinajstić information content (AvgIpc) is 3.47. The molecule has 0 radical (unpaired) electrons. The summed E-state index contributed by atoms with van der Waals surface area (Å²) in [6.45, 7) is 3.99. The van der Waals surface area contributed by atoms with Crippen LogP contribution in [0.5, 0.6) is 0 Å². The number of fused-ring (bicyclic) bond motifs is 2. The van der Waals surface area contributed by atoms with Crippen LogP contribution in [0, 0.1) is 5.92 Å². The maximum atomic E-state index is 12.6. The fraction of sp³-hybridized carbons (Fsp3) is 0.409. The van der Waals surface area contributed by atoms with E-state index in [0.29, 0.717) is 12.0 Å². The van der Waals surface area contributed by atoms with Gasteiger partial charge in [0.25, 0.3) is 5.91 Å². The second kappa shape index (κ2) is 7.56. The lowest BCUT2D eigenvalue weighted by atomic mass is 10.1. The Balaban J connectivity index is 1.68. The summed E-state index contributed by atoms with van der Waals surface area (Å²) in [5.41, 5.74) is 3.10. The van der Waals surface area contributed by atoms with E-state index in [-0.39, 0.29) is 5.91 Å². The number of para-hydroxylation sites is 1. The molecule has 142 valence electrons. The van der Waals surface area contributed by atoms with Crippen molar-refractivity contribution in [1.82, 2.24) is 10.2 Å². The first kappa shape index (κ1) is 18.4. The molecule has 0 unspecified atom stereocenters. The van der Waals surface area contributed by atoms with Crippen molar-refractivity contribution in [2.45, 2.75) is 35.6 Å². The van der Waals surface area contributed by atoms with Gasteiger partial charge in [0.15, 0.2) is 0 Å². The topological polar surface area (TPSA) is 35.6 Å². The molecule has 4 rings (SSSR count). The van der Waals surface area contributed by atoms with Gasteiger partial charge in [-0.25, -0.2) is 0 Å². The number of carbonyl (C=O) groups excluding carboxylic acids is 1. The van der Waals surface area contributed by atoms with Crippen LogP contribution >= 0.6 is 11.8 Å². The van der Waals surface area contributed by atoms with E-state index in [1.54, 1.807) is 11.8 Å². The molecule has 4 nitrogen and oxygen atoms in total. The van der Waals surface area contributed by atoms with Crippen molar-refractivity contribution in [1.29, 1.82) is 0 Å². The van der Waals surface area contributed by atoms with Crippen molar-refractivity contribution in [3.05, 3.63) is 48.0 Å². The molecule has 2 aromatic rings. The van der Waals surface area contributed by atoms with Crippen molar-refractivity contribution >= 4 is 29.0 Å². The number of rotatable bonds is 6. The van der Waals surface area contributed by atoms with Gasteiger partial charge < -0.3 is 15.1 Å². The van der Waals surface area contributed by atoms with Crippen molar-refractivity contribution in [3.63, 3.8) is 0 Å². The third kappa shape index (κ3) is 3.99. The van der Waals surface area contributed by atoms with Gasteiger partial charge in [0.2, 0.25) is 0 Å². The van der Waals surface area contributed by atoms with E-state index >= 15 is 0 Å². The highest BCUT2D eigenvalue weighted by Gasteiger charge is 2.28. The molecule has 0 bridgehead atoms. The molecule has 1 saturated carbocycles. The predicted octanol–water partition coefficient (Wildman–Crippen LogP) is 4.38. The van der Waals surface area contributed by atoms with Gasteiger partial charge in [-0.2, -0.15) is 0 Å². The minimum absolute atomic E-state index is 0.0359. The Labute approximate surface area is 165 Å². The van der Waals surface area contributed by atoms with Gasteiger partial charge in [-0.1, -0.05) is 23.9 Å². The molecule has 0 aromatic heterocycles. The highest BCUT2D eigenvalue weighted by atomic mass is 32.2. The first-order valence-corrected chi connectivity index (χ1v) is 10.5. The minimum Gasteiger partial charge on any atom is -0.352 e. The van der Waals surface area contributed by atoms with E-state index in [1.165, 1.54) is 28.3 Å². The Morgan fingerprint density at radius 2 is 1.93 bits per heavy atom. The highest BCUT2D eigenvalue weighted by molar-refractivity contribution is 7.99. The van der Waals surface area contributed by atoms with E-state index in [0.717, 1.165) is 24.3 Å². The van der Waals surface area contributed by atoms with Crippen LogP contribution in [-0.2, 0) is 0 Å². The maximum Gasteiger partial charge on any atom is 0.251 e. The Bertz CT molecular complexity index is 847. The fourth-order valence-electron chi connectivity index (χ4n) is 3.67. The van der Waals surface area contributed by atoms with E-state index in [2.05, 4.69) is 72.5 Å². The third-order valence-corrected chi connectivity index (χ3v) is 6.27. The molecule has 1 heterocycles. The zero-order chi connectivity index (χ0) is 19.0. The molecule has 0 saturated heterocycles. The summed E-state index contributed by atoms with van der Waals surface area (Å²) in [7, 11) is 4.20. The van der Waals surface area contributed by atoms with Gasteiger partial charge in [-0.15, -0.1) is 0 Å². The zero-order valence-electron chi connectivity index (χ0n) is 16.2. The minimum atomic E-state index is 0.0359. The molecule has 1 fully saturated rings. The Kier molecular flexibility index (Phi) is 5.15. The molecule has 0 spiro atoms. The van der Waals surface area contributed by atoms with E-state index in [9.17, 15) is 4.79 Å². The summed E-state index contributed by atoms with van der Waals surface area (Å²) >= 11 is 1.78. The van der Waals surface area contributed by atoms with Crippen LogP contribution in [-0.4, -0.2) is 44.0 Å². The normalized spacial score (nSPS) is 16.7. The fourth-order valence-corrected chi connectivity index (χ4v) is 4.72. The first-order chi connectivity index (χ1) is 13.0. The van der Waals surface area contributed by atoms with Crippen LogP contribution in [0.25, 0.3) is 0 Å². The van der Waals surface area contributed by atoms with Gasteiger partial charge in [-0.3, -0.25) is 4.79 Å². The molecule has 2 aliphatic rings. The molecule has 1 aliphatic carbocycles. The van der Waals surface area contributed by atoms with Crippen LogP contribution in [0.4, 0.5) is 11.4 Å². The molecule has 2 aromatic carbocycles. The Morgan fingerprint density at radius 1 is 1.19 bits per heavy atom. The largest absolute Gasteiger partial charge is 0.352 e. The molecule has 27 heavy (non-hydrogen) atoms. The standard InChI is InChI=1S/C22H27N3OS/c1-15(14-24(2)3)25-18-6-4-5-7-20(18)27-21-11-10-17(12-19(21)25)22(26)23-13-16-8-9-16/h4-7,10-12,15-16H,8-9,13-14H2,1-3H3,(H,23,26)/t15-/m1/s1. The number of nitrogens with one attached hydrogen (secondary N) is 1. The van der Waals surface area contributed by atoms with Gasteiger partial charge >= 0.3 is 0 Å². The quantitative estimate of drug-likeness (QED) is 0.805. The van der Waals surface area contributed by atoms with Crippen molar-refractivity contribution in [2.75, 3.05) is 32.1 Å². The number of hydrogen-bond acceptors (Lipinski definition) is 4. The van der Waals surface area contributed by atoms with Gasteiger partial charge in [0.1, 0.15) is 0 Å². The van der Waals surface area contributed by atoms with Crippen LogP contribution in [0.1, 0.15) is 30.1 Å². The molecule has 1 atom stereocenters. The van der Waals surface area contributed by atoms with Crippen LogP contribution in [0.3, 0.4) is 0 Å². The van der Waals surface area contributed by atoms with Crippen molar-refractivity contribution in [3.8, 4) is 0 Å². The van der Waals surface area contributed by atoms with Crippen molar-refractivity contribution in [2.24, 2.45) is 5.92 Å². The number of anilines is 2. The summed E-state index contributed by atoms with van der Waals surface area (Å²) in [4.78, 5) is 19.7. The third-order valence-electron chi connectivity index (χ3n) is 5.14. The Morgan fingerprint density at radius 3 is 2.67 bits per heavy atom. The summed E-state index contributed by atoms with van der Waals surface area (Å²) in [5.74, 6) is 0.722. The first-order valence-electron chi connectivity index (χ1n) is 9.66. The lowest BCUT2D eigenvalue weighted by molar-refractivity contribution is 0.0951. The van der Waals surface area contributed by atoms with Crippen molar-refractivity contribution < 1.29 is 4.79 Å². The summed E-state index contributed by atoms with van der Waals surface area (Å²) in [6.07, 6.45) is 2.49. The summed E-state index contributed by atoms with van der Waals surface area (Å²) < 4.78 is 0. The highest BCUT2D eigenvalue weighted by Crippen LogP contribution is 2.49. The maximum absolute atomic E-state index is 12.6. The smallest absolute Gasteiger partial charge is 0.251 e. The van der Waals surface area contributed by atoms with E-state index < -0.39 is 0 Å². The molecule has 1 amide bonds. The van der Waals surface area contributed by atoms with Crippen LogP contribution < -0.4 is 10.2 Å². The molecule has 1 N–H and O–H groups in total. The second-order valence-electron chi connectivity index (χ2n) is 7.89. The van der Waals surface area contributed by atoms with Gasteiger partial charge in [0.05, 0.1) is 11.4 Å². The van der Waals surface area contributed by atoms with E-state index in [1.807, 2.05) is 6.07 Å². The average molecular weight is 382 g/mol. The summed E-state index contributed by atoms with van der Waals surface area (Å²) in [6, 6.07) is 14.9. The zero-order valence-corrected chi connectivity index (χ0v) is 17.1. The van der Waals surface area contributed by atoms with Crippen LogP contribution in [0.15, 0.2) is 52.3 Å². The second-order valence-corrected chi connectivity index (χ2v) is 8.97. The number of likely N-dealkylation sites (N-methyl/N-ethyl adjacent to an activating group) is 1. The number of carbonyl (C=O) groups is 1. The molecule has 5 heteroatoms. The van der Waals surface area contributed by atoms with Gasteiger partial charge in [0, 0.05) is 34.5 Å². The monoisotopic (exact) mass is 381 g/mol. The SMILES string of the molecule is C[C@H](CN(C)C)N1c2ccccc2Sc2ccc(C(=O)NCC3CC3)cc21. The molecule has 1 aliphatic heterocycles. The van der Waals surface area contributed by atoms with Gasteiger partial charge in [-0.05, 0) is 70.1 Å². The molecular weight excluding hydrogens is 354 g/mol. The number of hydrogen-bond donors (Lipinski definition) is 1. The number of benzene rings is 2. The lowest BCUT2D eigenvalue weighted by Gasteiger charge is -2.38. The lowest BCUT2D eigenvalue weighted by Crippen LogP contribution is -2.38. The number of amides is 1. The Hall–Kier alpha value is -1.98. The number of nitrogens with zero attached hydrogens (tertiary/aromatic N) is 2. The van der Waals surface area contributed by atoms with E-state index in [4.69, 9.17) is 0 Å².